The summed E-state index contributed by atoms with van der Waals surface area (Å²) in [5.74, 6) is 0.273. The zero-order valence-electron chi connectivity index (χ0n) is 14.9. The molecule has 146 valence electrons. The van der Waals surface area contributed by atoms with E-state index < -0.39 is 10.0 Å². The maximum atomic E-state index is 13.1. The Morgan fingerprint density at radius 3 is 2.52 bits per heavy atom. The van der Waals surface area contributed by atoms with Crippen molar-refractivity contribution in [3.05, 3.63) is 64.9 Å². The Morgan fingerprint density at radius 2 is 1.81 bits per heavy atom. The molecule has 2 aromatic carbocycles. The van der Waals surface area contributed by atoms with Gasteiger partial charge in [0.05, 0.1) is 4.90 Å². The topological polar surface area (TPSA) is 82.6 Å². The smallest absolute Gasteiger partial charge is 0.240 e. The summed E-state index contributed by atoms with van der Waals surface area (Å²) in [4.78, 5) is 4.18. The fourth-order valence-corrected chi connectivity index (χ4v) is 3.65. The van der Waals surface area contributed by atoms with Crippen LogP contribution in [-0.4, -0.2) is 41.1 Å². The van der Waals surface area contributed by atoms with E-state index in [-0.39, 0.29) is 17.3 Å². The van der Waals surface area contributed by atoms with E-state index in [9.17, 15) is 12.8 Å². The number of rotatable bonds is 8. The first-order valence-corrected chi connectivity index (χ1v) is 10.2. The normalized spacial score (nSPS) is 12.0. The Hall–Kier alpha value is -2.16. The molecule has 9 heteroatoms. The number of benzene rings is 2. The van der Waals surface area contributed by atoms with E-state index in [1.54, 1.807) is 25.2 Å². The second-order valence-corrected chi connectivity index (χ2v) is 7.86. The Labute approximate surface area is 163 Å². The van der Waals surface area contributed by atoms with Gasteiger partial charge in [-0.25, -0.2) is 17.5 Å². The number of halogens is 2. The van der Waals surface area contributed by atoms with Gasteiger partial charge in [-0.05, 0) is 42.3 Å². The van der Waals surface area contributed by atoms with Crippen LogP contribution in [0.3, 0.4) is 0 Å². The average molecular weight is 413 g/mol. The van der Waals surface area contributed by atoms with E-state index in [1.165, 1.54) is 24.3 Å². The molecule has 0 aliphatic heterocycles. The first-order chi connectivity index (χ1) is 12.9. The lowest BCUT2D eigenvalue weighted by molar-refractivity contribution is 0.580. The highest BCUT2D eigenvalue weighted by Gasteiger charge is 2.13. The molecule has 3 N–H and O–H groups in total. The molecule has 0 atom stereocenters. The van der Waals surface area contributed by atoms with Gasteiger partial charge in [0.1, 0.15) is 5.82 Å². The number of nitrogens with zero attached hydrogens (tertiary/aromatic N) is 1. The van der Waals surface area contributed by atoms with Crippen molar-refractivity contribution >= 4 is 27.6 Å². The van der Waals surface area contributed by atoms with Crippen LogP contribution in [-0.2, 0) is 16.4 Å². The van der Waals surface area contributed by atoms with Crippen LogP contribution in [0.1, 0.15) is 5.56 Å². The SMILES string of the molecule is CN=C(NCCNS(=O)(=O)c1cccc(Cl)c1)NCCc1cccc(F)c1. The average Bonchev–Trinajstić information content (AvgIpc) is 2.64. The quantitative estimate of drug-likeness (QED) is 0.352. The van der Waals surface area contributed by atoms with Gasteiger partial charge in [0, 0.05) is 31.7 Å². The van der Waals surface area contributed by atoms with Crippen LogP contribution in [0.4, 0.5) is 4.39 Å². The van der Waals surface area contributed by atoms with Crippen LogP contribution < -0.4 is 15.4 Å². The number of aliphatic imine (C=N–C) groups is 1. The van der Waals surface area contributed by atoms with E-state index in [4.69, 9.17) is 11.6 Å². The fraction of sp³-hybridized carbons (Fsp3) is 0.278. The number of hydrogen-bond donors (Lipinski definition) is 3. The second kappa shape index (κ2) is 10.2. The second-order valence-electron chi connectivity index (χ2n) is 5.66. The minimum atomic E-state index is -3.61. The molecule has 0 spiro atoms. The molecule has 0 saturated carbocycles. The van der Waals surface area contributed by atoms with Crippen LogP contribution >= 0.6 is 11.6 Å². The van der Waals surface area contributed by atoms with Crippen molar-refractivity contribution in [1.82, 2.24) is 15.4 Å². The van der Waals surface area contributed by atoms with Gasteiger partial charge in [-0.1, -0.05) is 29.8 Å². The van der Waals surface area contributed by atoms with E-state index in [0.29, 0.717) is 30.5 Å². The van der Waals surface area contributed by atoms with E-state index in [2.05, 4.69) is 20.3 Å². The van der Waals surface area contributed by atoms with Crippen molar-refractivity contribution in [3.8, 4) is 0 Å². The van der Waals surface area contributed by atoms with Gasteiger partial charge in [0.25, 0.3) is 0 Å². The zero-order valence-corrected chi connectivity index (χ0v) is 16.4. The predicted octanol–water partition coefficient (Wildman–Crippen LogP) is 2.17. The molecule has 0 aliphatic rings. The Morgan fingerprint density at radius 1 is 1.07 bits per heavy atom. The molecule has 0 aliphatic carbocycles. The minimum Gasteiger partial charge on any atom is -0.356 e. The lowest BCUT2D eigenvalue weighted by atomic mass is 10.1. The molecule has 6 nitrogen and oxygen atoms in total. The summed E-state index contributed by atoms with van der Waals surface area (Å²) in [5.41, 5.74) is 0.882. The minimum absolute atomic E-state index is 0.118. The number of sulfonamides is 1. The molecule has 0 aromatic heterocycles. The summed E-state index contributed by atoms with van der Waals surface area (Å²) in [5, 5.41) is 6.47. The number of hydrogen-bond acceptors (Lipinski definition) is 3. The predicted molar refractivity (Wildman–Crippen MR) is 106 cm³/mol. The molecule has 0 radical (unpaired) electrons. The molecule has 0 saturated heterocycles. The lowest BCUT2D eigenvalue weighted by Gasteiger charge is -2.12. The van der Waals surface area contributed by atoms with E-state index in [1.807, 2.05) is 6.07 Å². The van der Waals surface area contributed by atoms with Crippen molar-refractivity contribution in [2.24, 2.45) is 4.99 Å². The summed E-state index contributed by atoms with van der Waals surface area (Å²) in [6.45, 7) is 1.09. The van der Waals surface area contributed by atoms with Gasteiger partial charge < -0.3 is 10.6 Å². The largest absolute Gasteiger partial charge is 0.356 e. The molecular formula is C18H22ClFN4O2S. The lowest BCUT2D eigenvalue weighted by Crippen LogP contribution is -2.42. The molecule has 0 bridgehead atoms. The maximum Gasteiger partial charge on any atom is 0.240 e. The standard InChI is InChI=1S/C18H22ClFN4O2S/c1-21-18(22-9-8-14-4-2-6-16(20)12-14)23-10-11-24-27(25,26)17-7-3-5-15(19)13-17/h2-7,12-13,24H,8-11H2,1H3,(H2,21,22,23). The molecular weight excluding hydrogens is 391 g/mol. The molecule has 2 aromatic rings. The molecule has 2 rings (SSSR count). The van der Waals surface area contributed by atoms with Gasteiger partial charge in [0.15, 0.2) is 5.96 Å². The highest BCUT2D eigenvalue weighted by Crippen LogP contribution is 2.14. The monoisotopic (exact) mass is 412 g/mol. The summed E-state index contributed by atoms with van der Waals surface area (Å²) >= 11 is 5.82. The summed E-state index contributed by atoms with van der Waals surface area (Å²) in [6, 6.07) is 12.5. The third-order valence-corrected chi connectivity index (χ3v) is 5.33. The summed E-state index contributed by atoms with van der Waals surface area (Å²) in [7, 11) is -2.00. The van der Waals surface area contributed by atoms with Crippen LogP contribution in [0, 0.1) is 5.82 Å². The first-order valence-electron chi connectivity index (χ1n) is 8.35. The van der Waals surface area contributed by atoms with Gasteiger partial charge in [0.2, 0.25) is 10.0 Å². The Balaban J connectivity index is 1.73. The Bertz CT molecular complexity index is 890. The molecule has 0 heterocycles. The van der Waals surface area contributed by atoms with Crippen molar-refractivity contribution in [2.45, 2.75) is 11.3 Å². The van der Waals surface area contributed by atoms with Gasteiger partial charge in [-0.15, -0.1) is 0 Å². The van der Waals surface area contributed by atoms with Crippen LogP contribution in [0.25, 0.3) is 0 Å². The summed E-state index contributed by atoms with van der Waals surface area (Å²) < 4.78 is 40.0. The van der Waals surface area contributed by atoms with Crippen molar-refractivity contribution in [2.75, 3.05) is 26.7 Å². The van der Waals surface area contributed by atoms with Crippen molar-refractivity contribution < 1.29 is 12.8 Å². The van der Waals surface area contributed by atoms with Crippen molar-refractivity contribution in [1.29, 1.82) is 0 Å². The van der Waals surface area contributed by atoms with E-state index >= 15 is 0 Å². The van der Waals surface area contributed by atoms with Crippen molar-refractivity contribution in [3.63, 3.8) is 0 Å². The van der Waals surface area contributed by atoms with E-state index in [0.717, 1.165) is 5.56 Å². The van der Waals surface area contributed by atoms with Crippen LogP contribution in [0.5, 0.6) is 0 Å². The number of nitrogens with one attached hydrogen (secondary N) is 3. The van der Waals surface area contributed by atoms with Gasteiger partial charge in [-0.2, -0.15) is 0 Å². The first kappa shape index (κ1) is 21.1. The molecule has 0 unspecified atom stereocenters. The maximum absolute atomic E-state index is 13.1. The molecule has 0 amide bonds. The van der Waals surface area contributed by atoms with Crippen LogP contribution in [0.15, 0.2) is 58.4 Å². The van der Waals surface area contributed by atoms with Gasteiger partial charge in [-0.3, -0.25) is 4.99 Å². The summed E-state index contributed by atoms with van der Waals surface area (Å²) in [6.07, 6.45) is 0.639. The molecule has 0 fully saturated rings. The third-order valence-electron chi connectivity index (χ3n) is 3.63. The fourth-order valence-electron chi connectivity index (χ4n) is 2.32. The van der Waals surface area contributed by atoms with Gasteiger partial charge >= 0.3 is 0 Å². The highest BCUT2D eigenvalue weighted by molar-refractivity contribution is 7.89. The van der Waals surface area contributed by atoms with Crippen LogP contribution in [0.2, 0.25) is 5.02 Å². The third kappa shape index (κ3) is 7.16. The number of guanidine groups is 1. The highest BCUT2D eigenvalue weighted by atomic mass is 35.5. The zero-order chi connectivity index (χ0) is 19.7. The Kier molecular flexibility index (Phi) is 8.02. The molecule has 27 heavy (non-hydrogen) atoms.